The Hall–Kier alpha value is -2.77. The van der Waals surface area contributed by atoms with Gasteiger partial charge in [0.15, 0.2) is 0 Å². The summed E-state index contributed by atoms with van der Waals surface area (Å²) in [6.45, 7) is 0. The summed E-state index contributed by atoms with van der Waals surface area (Å²) in [7, 11) is 0. The molecule has 0 saturated carbocycles. The average molecular weight is 366 g/mol. The number of thiazole rings is 1. The summed E-state index contributed by atoms with van der Waals surface area (Å²) in [6.07, 6.45) is 1.98. The second kappa shape index (κ2) is 7.00. The van der Waals surface area contributed by atoms with Crippen LogP contribution in [0, 0.1) is 0 Å². The zero-order valence-corrected chi connectivity index (χ0v) is 14.7. The first-order valence-electron chi connectivity index (χ1n) is 7.64. The number of H-pyrrole nitrogens is 1. The van der Waals surface area contributed by atoms with Crippen LogP contribution in [0.25, 0.3) is 21.8 Å². The smallest absolute Gasteiger partial charge is 0.230 e. The molecule has 0 aliphatic heterocycles. The van der Waals surface area contributed by atoms with Crippen molar-refractivity contribution in [3.8, 4) is 21.8 Å². The fraction of sp³-hybridized carbons (Fsp3) is 0.0556. The molecule has 124 valence electrons. The van der Waals surface area contributed by atoms with Crippen molar-refractivity contribution in [2.45, 2.75) is 6.42 Å². The van der Waals surface area contributed by atoms with Gasteiger partial charge in [0.2, 0.25) is 5.91 Å². The molecule has 5 nitrogen and oxygen atoms in total. The largest absolute Gasteiger partial charge is 0.326 e. The molecule has 4 aromatic rings. The molecule has 0 radical (unpaired) electrons. The Morgan fingerprint density at radius 1 is 1.08 bits per heavy atom. The van der Waals surface area contributed by atoms with Crippen LogP contribution < -0.4 is 5.32 Å². The predicted octanol–water partition coefficient (Wildman–Crippen LogP) is 4.44. The number of hydrogen-bond donors (Lipinski definition) is 2. The van der Waals surface area contributed by atoms with E-state index >= 15 is 0 Å². The molecule has 0 aliphatic rings. The van der Waals surface area contributed by atoms with Crippen molar-refractivity contribution < 1.29 is 4.79 Å². The summed E-state index contributed by atoms with van der Waals surface area (Å²) in [5.41, 5.74) is 4.63. The van der Waals surface area contributed by atoms with Crippen LogP contribution in [0.2, 0.25) is 0 Å². The summed E-state index contributed by atoms with van der Waals surface area (Å²) in [5, 5.41) is 16.7. The van der Waals surface area contributed by atoms with E-state index in [1.54, 1.807) is 28.9 Å². The highest BCUT2D eigenvalue weighted by Gasteiger charge is 2.10. The van der Waals surface area contributed by atoms with E-state index in [4.69, 9.17) is 0 Å². The average Bonchev–Trinajstić information content (AvgIpc) is 3.37. The molecule has 3 heterocycles. The number of aromatic amines is 1. The maximum absolute atomic E-state index is 12.2. The van der Waals surface area contributed by atoms with Gasteiger partial charge in [0.1, 0.15) is 5.01 Å². The van der Waals surface area contributed by atoms with Gasteiger partial charge in [0.05, 0.1) is 17.8 Å². The highest BCUT2D eigenvalue weighted by Crippen LogP contribution is 2.26. The Morgan fingerprint density at radius 3 is 2.68 bits per heavy atom. The van der Waals surface area contributed by atoms with Crippen molar-refractivity contribution in [3.05, 3.63) is 64.4 Å². The summed E-state index contributed by atoms with van der Waals surface area (Å²) >= 11 is 3.20. The van der Waals surface area contributed by atoms with Gasteiger partial charge in [-0.15, -0.1) is 11.3 Å². The number of benzene rings is 1. The lowest BCUT2D eigenvalue weighted by atomic mass is 10.1. The first kappa shape index (κ1) is 15.7. The van der Waals surface area contributed by atoms with Crippen LogP contribution in [0.3, 0.4) is 0 Å². The number of thiophene rings is 1. The molecule has 0 spiro atoms. The van der Waals surface area contributed by atoms with Crippen LogP contribution in [0.15, 0.2) is 58.7 Å². The summed E-state index contributed by atoms with van der Waals surface area (Å²) in [5.74, 6) is -0.0727. The highest BCUT2D eigenvalue weighted by atomic mass is 32.1. The molecule has 0 unspecified atom stereocenters. The van der Waals surface area contributed by atoms with Crippen LogP contribution in [0.4, 0.5) is 5.69 Å². The predicted molar refractivity (Wildman–Crippen MR) is 102 cm³/mol. The molecule has 25 heavy (non-hydrogen) atoms. The third-order valence-electron chi connectivity index (χ3n) is 3.64. The van der Waals surface area contributed by atoms with Crippen molar-refractivity contribution in [1.82, 2.24) is 15.2 Å². The van der Waals surface area contributed by atoms with E-state index in [1.807, 2.05) is 47.2 Å². The Labute approximate surface area is 152 Å². The Bertz CT molecular complexity index is 957. The highest BCUT2D eigenvalue weighted by molar-refractivity contribution is 7.14. The van der Waals surface area contributed by atoms with E-state index in [-0.39, 0.29) is 12.3 Å². The molecule has 0 bridgehead atoms. The molecule has 0 aliphatic carbocycles. The van der Waals surface area contributed by atoms with Crippen LogP contribution in [-0.4, -0.2) is 21.1 Å². The molecular formula is C18H14N4OS2. The molecule has 1 amide bonds. The van der Waals surface area contributed by atoms with Gasteiger partial charge in [-0.1, -0.05) is 12.1 Å². The van der Waals surface area contributed by atoms with Gasteiger partial charge in [-0.3, -0.25) is 9.89 Å². The standard InChI is InChI=1S/C18H14N4OS2/c23-17(9-15-11-25-18(21-15)13-6-8-24-10-13)20-14-3-1-12(2-4-14)16-5-7-19-22-16/h1-8,10-11H,9H2,(H,19,22)(H,20,23). The first-order chi connectivity index (χ1) is 12.3. The van der Waals surface area contributed by atoms with Crippen molar-refractivity contribution in [2.75, 3.05) is 5.32 Å². The van der Waals surface area contributed by atoms with Crippen molar-refractivity contribution in [2.24, 2.45) is 0 Å². The molecule has 0 atom stereocenters. The van der Waals surface area contributed by atoms with Crippen molar-refractivity contribution in [3.63, 3.8) is 0 Å². The molecule has 3 aromatic heterocycles. The van der Waals surface area contributed by atoms with E-state index in [9.17, 15) is 4.79 Å². The molecule has 2 N–H and O–H groups in total. The minimum Gasteiger partial charge on any atom is -0.326 e. The lowest BCUT2D eigenvalue weighted by Gasteiger charge is -2.05. The maximum atomic E-state index is 12.2. The summed E-state index contributed by atoms with van der Waals surface area (Å²) < 4.78 is 0. The topological polar surface area (TPSA) is 70.7 Å². The number of carbonyl (C=O) groups excluding carboxylic acids is 1. The van der Waals surface area contributed by atoms with Gasteiger partial charge in [-0.2, -0.15) is 16.4 Å². The molecule has 4 rings (SSSR count). The minimum atomic E-state index is -0.0727. The number of hydrogen-bond acceptors (Lipinski definition) is 5. The maximum Gasteiger partial charge on any atom is 0.230 e. The molecular weight excluding hydrogens is 352 g/mol. The zero-order chi connectivity index (χ0) is 17.1. The number of carbonyl (C=O) groups is 1. The van der Waals surface area contributed by atoms with Gasteiger partial charge in [-0.25, -0.2) is 4.98 Å². The normalized spacial score (nSPS) is 10.7. The second-order valence-electron chi connectivity index (χ2n) is 5.43. The van der Waals surface area contributed by atoms with Crippen LogP contribution in [0.1, 0.15) is 5.69 Å². The van der Waals surface area contributed by atoms with Crippen LogP contribution in [0.5, 0.6) is 0 Å². The van der Waals surface area contributed by atoms with Gasteiger partial charge in [0.25, 0.3) is 0 Å². The molecule has 7 heteroatoms. The lowest BCUT2D eigenvalue weighted by Crippen LogP contribution is -2.14. The molecule has 0 saturated heterocycles. The third-order valence-corrected chi connectivity index (χ3v) is 5.27. The van der Waals surface area contributed by atoms with Gasteiger partial charge >= 0.3 is 0 Å². The zero-order valence-electron chi connectivity index (χ0n) is 13.1. The lowest BCUT2D eigenvalue weighted by molar-refractivity contribution is -0.115. The van der Waals surface area contributed by atoms with E-state index in [1.165, 1.54) is 0 Å². The van der Waals surface area contributed by atoms with Gasteiger partial charge in [0, 0.05) is 28.2 Å². The number of rotatable bonds is 5. The Balaban J connectivity index is 1.39. The van der Waals surface area contributed by atoms with Gasteiger partial charge in [-0.05, 0) is 35.2 Å². The Kier molecular flexibility index (Phi) is 4.41. The second-order valence-corrected chi connectivity index (χ2v) is 7.07. The molecule has 1 aromatic carbocycles. The SMILES string of the molecule is O=C(Cc1csc(-c2ccsc2)n1)Nc1ccc(-c2ccn[nH]2)cc1. The quantitative estimate of drug-likeness (QED) is 0.548. The van der Waals surface area contributed by atoms with E-state index in [0.717, 1.165) is 33.2 Å². The first-order valence-corrected chi connectivity index (χ1v) is 9.47. The monoisotopic (exact) mass is 366 g/mol. The fourth-order valence-corrected chi connectivity index (χ4v) is 3.96. The number of nitrogens with one attached hydrogen (secondary N) is 2. The van der Waals surface area contributed by atoms with E-state index in [0.29, 0.717) is 0 Å². The number of aromatic nitrogens is 3. The minimum absolute atomic E-state index is 0.0727. The van der Waals surface area contributed by atoms with Crippen molar-refractivity contribution in [1.29, 1.82) is 0 Å². The van der Waals surface area contributed by atoms with Gasteiger partial charge < -0.3 is 5.32 Å². The van der Waals surface area contributed by atoms with Crippen LogP contribution >= 0.6 is 22.7 Å². The molecule has 0 fully saturated rings. The summed E-state index contributed by atoms with van der Waals surface area (Å²) in [6, 6.07) is 11.6. The Morgan fingerprint density at radius 2 is 1.96 bits per heavy atom. The fourth-order valence-electron chi connectivity index (χ4n) is 2.43. The van der Waals surface area contributed by atoms with Crippen LogP contribution in [-0.2, 0) is 11.2 Å². The summed E-state index contributed by atoms with van der Waals surface area (Å²) in [4.78, 5) is 16.8. The number of amides is 1. The third kappa shape index (κ3) is 3.67. The van der Waals surface area contributed by atoms with E-state index < -0.39 is 0 Å². The number of anilines is 1. The van der Waals surface area contributed by atoms with E-state index in [2.05, 4.69) is 25.9 Å². The van der Waals surface area contributed by atoms with Crippen molar-refractivity contribution >= 4 is 34.3 Å². The number of nitrogens with zero attached hydrogens (tertiary/aromatic N) is 2.